The Hall–Kier alpha value is -1.67. The van der Waals surface area contributed by atoms with Crippen molar-refractivity contribution in [3.8, 4) is 0 Å². The molecule has 0 radical (unpaired) electrons. The predicted molar refractivity (Wildman–Crippen MR) is 75.9 cm³/mol. The van der Waals surface area contributed by atoms with E-state index in [2.05, 4.69) is 30.1 Å². The van der Waals surface area contributed by atoms with E-state index in [1.807, 2.05) is 24.4 Å². The minimum absolute atomic E-state index is 0.533. The first-order valence-corrected chi connectivity index (χ1v) is 6.90. The van der Waals surface area contributed by atoms with E-state index < -0.39 is 5.60 Å². The Labute approximate surface area is 114 Å². The van der Waals surface area contributed by atoms with Gasteiger partial charge in [-0.05, 0) is 41.5 Å². The molecule has 0 spiro atoms. The van der Waals surface area contributed by atoms with Gasteiger partial charge in [0.15, 0.2) is 0 Å². The molecule has 1 aliphatic carbocycles. The molecule has 0 aliphatic heterocycles. The van der Waals surface area contributed by atoms with Gasteiger partial charge in [0.25, 0.3) is 0 Å². The van der Waals surface area contributed by atoms with Gasteiger partial charge < -0.3 is 5.11 Å². The van der Waals surface area contributed by atoms with Crippen LogP contribution in [0.15, 0.2) is 48.8 Å². The quantitative estimate of drug-likeness (QED) is 0.889. The molecule has 1 N–H and O–H groups in total. The molecular formula is C17H19NO. The van der Waals surface area contributed by atoms with Crippen LogP contribution in [0.3, 0.4) is 0 Å². The minimum atomic E-state index is -0.744. The van der Waals surface area contributed by atoms with Crippen LogP contribution in [-0.4, -0.2) is 10.1 Å². The van der Waals surface area contributed by atoms with E-state index in [-0.39, 0.29) is 0 Å². The molecule has 3 rings (SSSR count). The molecule has 0 bridgehead atoms. The SMILES string of the molecule is CC1CCC(O)(Cc2cccnc2)c2ccccc21. The fourth-order valence-electron chi connectivity index (χ4n) is 3.12. The number of rotatable bonds is 2. The molecule has 19 heavy (non-hydrogen) atoms. The lowest BCUT2D eigenvalue weighted by Gasteiger charge is -2.37. The Bertz CT molecular complexity index is 566. The zero-order chi connectivity index (χ0) is 13.3. The summed E-state index contributed by atoms with van der Waals surface area (Å²) in [4.78, 5) is 4.14. The van der Waals surface area contributed by atoms with E-state index in [9.17, 15) is 5.11 Å². The van der Waals surface area contributed by atoms with Crippen molar-refractivity contribution in [3.05, 3.63) is 65.5 Å². The predicted octanol–water partition coefficient (Wildman–Crippen LogP) is 3.41. The molecule has 0 saturated carbocycles. The van der Waals surface area contributed by atoms with Gasteiger partial charge in [-0.15, -0.1) is 0 Å². The van der Waals surface area contributed by atoms with Crippen LogP contribution in [0.5, 0.6) is 0 Å². The Morgan fingerprint density at radius 3 is 2.89 bits per heavy atom. The van der Waals surface area contributed by atoms with Crippen molar-refractivity contribution in [1.29, 1.82) is 0 Å². The summed E-state index contributed by atoms with van der Waals surface area (Å²) in [5.41, 5.74) is 2.73. The molecule has 0 fully saturated rings. The minimum Gasteiger partial charge on any atom is -0.385 e. The smallest absolute Gasteiger partial charge is 0.0940 e. The number of aliphatic hydroxyl groups is 1. The summed E-state index contributed by atoms with van der Waals surface area (Å²) in [5.74, 6) is 0.533. The first-order chi connectivity index (χ1) is 9.19. The van der Waals surface area contributed by atoms with Crippen LogP contribution in [0.4, 0.5) is 0 Å². The van der Waals surface area contributed by atoms with Crippen molar-refractivity contribution in [2.24, 2.45) is 0 Å². The number of fused-ring (bicyclic) bond motifs is 1. The third kappa shape index (κ3) is 2.28. The van der Waals surface area contributed by atoms with E-state index in [1.54, 1.807) is 6.20 Å². The summed E-state index contributed by atoms with van der Waals surface area (Å²) >= 11 is 0. The number of aromatic nitrogens is 1. The molecule has 1 aliphatic rings. The van der Waals surface area contributed by atoms with Gasteiger partial charge >= 0.3 is 0 Å². The Morgan fingerprint density at radius 2 is 2.11 bits per heavy atom. The second kappa shape index (κ2) is 4.78. The fraction of sp³-hybridized carbons (Fsp3) is 0.353. The van der Waals surface area contributed by atoms with Gasteiger partial charge in [0, 0.05) is 18.8 Å². The van der Waals surface area contributed by atoms with Crippen LogP contribution in [0.2, 0.25) is 0 Å². The molecule has 1 aromatic carbocycles. The highest BCUT2D eigenvalue weighted by Crippen LogP contribution is 2.42. The van der Waals surface area contributed by atoms with E-state index in [0.29, 0.717) is 12.3 Å². The third-order valence-electron chi connectivity index (χ3n) is 4.20. The summed E-state index contributed by atoms with van der Waals surface area (Å²) in [6.45, 7) is 2.24. The summed E-state index contributed by atoms with van der Waals surface area (Å²) in [6, 6.07) is 12.3. The average Bonchev–Trinajstić information content (AvgIpc) is 2.45. The number of nitrogens with zero attached hydrogens (tertiary/aromatic N) is 1. The van der Waals surface area contributed by atoms with Crippen molar-refractivity contribution in [2.45, 2.75) is 37.7 Å². The highest BCUT2D eigenvalue weighted by atomic mass is 16.3. The monoisotopic (exact) mass is 253 g/mol. The van der Waals surface area contributed by atoms with Crippen LogP contribution in [0.1, 0.15) is 42.4 Å². The second-order valence-corrected chi connectivity index (χ2v) is 5.60. The molecule has 0 amide bonds. The van der Waals surface area contributed by atoms with Crippen molar-refractivity contribution >= 4 is 0 Å². The lowest BCUT2D eigenvalue weighted by Crippen LogP contribution is -2.34. The second-order valence-electron chi connectivity index (χ2n) is 5.60. The molecule has 98 valence electrons. The maximum atomic E-state index is 11.1. The van der Waals surface area contributed by atoms with E-state index in [4.69, 9.17) is 0 Å². The van der Waals surface area contributed by atoms with Crippen molar-refractivity contribution in [3.63, 3.8) is 0 Å². The molecule has 2 aromatic rings. The molecule has 1 heterocycles. The normalized spacial score (nSPS) is 25.9. The van der Waals surface area contributed by atoms with Crippen LogP contribution >= 0.6 is 0 Å². The lowest BCUT2D eigenvalue weighted by molar-refractivity contribution is 0.0158. The van der Waals surface area contributed by atoms with Crippen LogP contribution in [0, 0.1) is 0 Å². The van der Waals surface area contributed by atoms with E-state index in [0.717, 1.165) is 24.0 Å². The molecule has 2 atom stereocenters. The number of hydrogen-bond acceptors (Lipinski definition) is 2. The highest BCUT2D eigenvalue weighted by Gasteiger charge is 2.36. The molecular weight excluding hydrogens is 234 g/mol. The maximum absolute atomic E-state index is 11.1. The highest BCUT2D eigenvalue weighted by molar-refractivity contribution is 5.38. The van der Waals surface area contributed by atoms with Crippen LogP contribution in [-0.2, 0) is 12.0 Å². The van der Waals surface area contributed by atoms with E-state index in [1.165, 1.54) is 5.56 Å². The molecule has 1 aromatic heterocycles. The van der Waals surface area contributed by atoms with Gasteiger partial charge in [0.1, 0.15) is 0 Å². The number of hydrogen-bond donors (Lipinski definition) is 1. The molecule has 0 saturated heterocycles. The molecule has 2 nitrogen and oxygen atoms in total. The van der Waals surface area contributed by atoms with Crippen LogP contribution < -0.4 is 0 Å². The van der Waals surface area contributed by atoms with Gasteiger partial charge in [-0.1, -0.05) is 37.3 Å². The zero-order valence-electron chi connectivity index (χ0n) is 11.2. The number of benzene rings is 1. The van der Waals surface area contributed by atoms with Gasteiger partial charge in [-0.3, -0.25) is 4.98 Å². The standard InChI is InChI=1S/C17H19NO/c1-13-8-9-17(19,11-14-5-4-10-18-12-14)16-7-3-2-6-15(13)16/h2-7,10,12-13,19H,8-9,11H2,1H3. The Morgan fingerprint density at radius 1 is 1.26 bits per heavy atom. The molecule has 2 unspecified atom stereocenters. The Balaban J connectivity index is 1.99. The zero-order valence-corrected chi connectivity index (χ0v) is 11.2. The molecule has 2 heteroatoms. The number of pyridine rings is 1. The van der Waals surface area contributed by atoms with Crippen molar-refractivity contribution < 1.29 is 5.11 Å². The van der Waals surface area contributed by atoms with Gasteiger partial charge in [-0.2, -0.15) is 0 Å². The van der Waals surface area contributed by atoms with Crippen molar-refractivity contribution in [1.82, 2.24) is 4.98 Å². The fourth-order valence-corrected chi connectivity index (χ4v) is 3.12. The lowest BCUT2D eigenvalue weighted by atomic mass is 9.72. The largest absolute Gasteiger partial charge is 0.385 e. The van der Waals surface area contributed by atoms with Gasteiger partial charge in [0.2, 0.25) is 0 Å². The van der Waals surface area contributed by atoms with Crippen LogP contribution in [0.25, 0.3) is 0 Å². The maximum Gasteiger partial charge on any atom is 0.0940 e. The Kier molecular flexibility index (Phi) is 3.11. The first-order valence-electron chi connectivity index (χ1n) is 6.90. The van der Waals surface area contributed by atoms with E-state index >= 15 is 0 Å². The third-order valence-corrected chi connectivity index (χ3v) is 4.20. The summed E-state index contributed by atoms with van der Waals surface area (Å²) in [5, 5.41) is 11.1. The summed E-state index contributed by atoms with van der Waals surface area (Å²) in [6.07, 6.45) is 6.11. The van der Waals surface area contributed by atoms with Gasteiger partial charge in [0.05, 0.1) is 5.60 Å². The van der Waals surface area contributed by atoms with Gasteiger partial charge in [-0.25, -0.2) is 0 Å². The summed E-state index contributed by atoms with van der Waals surface area (Å²) in [7, 11) is 0. The topological polar surface area (TPSA) is 33.1 Å². The summed E-state index contributed by atoms with van der Waals surface area (Å²) < 4.78 is 0. The first kappa shape index (κ1) is 12.4. The van der Waals surface area contributed by atoms with Crippen molar-refractivity contribution in [2.75, 3.05) is 0 Å². The average molecular weight is 253 g/mol.